The van der Waals surface area contributed by atoms with Gasteiger partial charge in [-0.3, -0.25) is 9.59 Å². The van der Waals surface area contributed by atoms with Gasteiger partial charge >= 0.3 is 11.6 Å². The summed E-state index contributed by atoms with van der Waals surface area (Å²) in [4.78, 5) is 38.0. The second-order valence-electron chi connectivity index (χ2n) is 7.36. The van der Waals surface area contributed by atoms with Crippen LogP contribution in [-0.2, 0) is 16.0 Å². The molecule has 7 heteroatoms. The predicted octanol–water partition coefficient (Wildman–Crippen LogP) is 2.75. The third kappa shape index (κ3) is 3.88. The molecule has 0 saturated carbocycles. The van der Waals surface area contributed by atoms with Gasteiger partial charge < -0.3 is 19.2 Å². The molecule has 1 aliphatic rings. The van der Waals surface area contributed by atoms with Crippen LogP contribution in [0.25, 0.3) is 11.0 Å². The van der Waals surface area contributed by atoms with Crippen molar-refractivity contribution in [1.82, 2.24) is 4.90 Å². The molecule has 1 amide bonds. The Bertz CT molecular complexity index is 963. The summed E-state index contributed by atoms with van der Waals surface area (Å²) in [5.41, 5.74) is 1.26. The second kappa shape index (κ2) is 8.04. The number of hydrogen-bond donors (Lipinski definition) is 1. The van der Waals surface area contributed by atoms with Crippen LogP contribution in [0.4, 0.5) is 0 Å². The topological polar surface area (TPSA) is 97.0 Å². The Morgan fingerprint density at radius 3 is 2.75 bits per heavy atom. The average Bonchev–Trinajstić information content (AvgIpc) is 2.67. The van der Waals surface area contributed by atoms with E-state index in [0.717, 1.165) is 10.9 Å². The van der Waals surface area contributed by atoms with E-state index in [0.29, 0.717) is 29.7 Å². The van der Waals surface area contributed by atoms with Crippen molar-refractivity contribution in [2.45, 2.75) is 45.6 Å². The van der Waals surface area contributed by atoms with E-state index >= 15 is 0 Å². The van der Waals surface area contributed by atoms with Crippen LogP contribution in [0, 0.1) is 12.8 Å². The Hall–Kier alpha value is -2.83. The van der Waals surface area contributed by atoms with Gasteiger partial charge in [-0.05, 0) is 50.8 Å². The van der Waals surface area contributed by atoms with Crippen LogP contribution in [0.15, 0.2) is 27.4 Å². The molecule has 2 heterocycles. The van der Waals surface area contributed by atoms with Gasteiger partial charge in [0.1, 0.15) is 11.3 Å². The first kappa shape index (κ1) is 19.9. The van der Waals surface area contributed by atoms with Crippen LogP contribution >= 0.6 is 0 Å². The Morgan fingerprint density at radius 2 is 2.07 bits per heavy atom. The van der Waals surface area contributed by atoms with Gasteiger partial charge in [0, 0.05) is 36.0 Å². The van der Waals surface area contributed by atoms with Crippen LogP contribution in [0.2, 0.25) is 0 Å². The Kier molecular flexibility index (Phi) is 5.72. The van der Waals surface area contributed by atoms with E-state index in [1.165, 1.54) is 0 Å². The molecule has 150 valence electrons. The molecule has 1 aliphatic heterocycles. The highest BCUT2D eigenvalue weighted by Crippen LogP contribution is 2.26. The fourth-order valence-electron chi connectivity index (χ4n) is 3.82. The molecule has 0 aliphatic carbocycles. The largest absolute Gasteiger partial charge is 0.497 e. The number of likely N-dealkylation sites (tertiary alicyclic amines) is 1. The normalized spacial score (nSPS) is 19.6. The lowest BCUT2D eigenvalue weighted by Crippen LogP contribution is -2.47. The molecule has 2 atom stereocenters. The van der Waals surface area contributed by atoms with E-state index < -0.39 is 17.5 Å². The van der Waals surface area contributed by atoms with Gasteiger partial charge in [0.05, 0.1) is 13.0 Å². The number of carbonyl (C=O) groups excluding carboxylic acids is 1. The molecular weight excluding hydrogens is 362 g/mol. The average molecular weight is 387 g/mol. The summed E-state index contributed by atoms with van der Waals surface area (Å²) in [5.74, 6) is -0.925. The predicted molar refractivity (Wildman–Crippen MR) is 104 cm³/mol. The number of carboxylic acids is 1. The summed E-state index contributed by atoms with van der Waals surface area (Å²) in [7, 11) is 1.54. The van der Waals surface area contributed by atoms with Crippen LogP contribution in [0.3, 0.4) is 0 Å². The number of benzene rings is 1. The Balaban J connectivity index is 1.78. The first-order valence-corrected chi connectivity index (χ1v) is 9.44. The summed E-state index contributed by atoms with van der Waals surface area (Å²) in [6.07, 6.45) is 1.65. The highest BCUT2D eigenvalue weighted by atomic mass is 16.5. The van der Waals surface area contributed by atoms with Crippen LogP contribution in [-0.4, -0.2) is 41.6 Å². The van der Waals surface area contributed by atoms with Crippen molar-refractivity contribution in [2.24, 2.45) is 5.92 Å². The molecule has 7 nitrogen and oxygen atoms in total. The van der Waals surface area contributed by atoms with Crippen LogP contribution in [0.1, 0.15) is 37.3 Å². The summed E-state index contributed by atoms with van der Waals surface area (Å²) >= 11 is 0. The number of fused-ring (bicyclic) bond motifs is 1. The number of hydrogen-bond acceptors (Lipinski definition) is 5. The summed E-state index contributed by atoms with van der Waals surface area (Å²) in [6, 6.07) is 5.30. The van der Waals surface area contributed by atoms with E-state index in [1.54, 1.807) is 24.1 Å². The number of carboxylic acid groups (broad SMARTS) is 1. The van der Waals surface area contributed by atoms with Crippen molar-refractivity contribution < 1.29 is 23.8 Å². The highest BCUT2D eigenvalue weighted by molar-refractivity contribution is 5.83. The SMILES string of the molecule is COc1ccc2c(C)c(CCC(=O)N3CC(C(=O)O)CCC3C)c(=O)oc2c1. The van der Waals surface area contributed by atoms with E-state index in [4.69, 9.17) is 9.15 Å². The molecule has 0 spiro atoms. The maximum atomic E-state index is 12.7. The van der Waals surface area contributed by atoms with Gasteiger partial charge in [0.15, 0.2) is 0 Å². The molecule has 2 aromatic rings. The summed E-state index contributed by atoms with van der Waals surface area (Å²) in [6.45, 7) is 3.99. The Labute approximate surface area is 162 Å². The number of piperidine rings is 1. The van der Waals surface area contributed by atoms with Crippen molar-refractivity contribution in [3.63, 3.8) is 0 Å². The molecule has 3 rings (SSSR count). The van der Waals surface area contributed by atoms with Crippen molar-refractivity contribution >= 4 is 22.8 Å². The lowest BCUT2D eigenvalue weighted by Gasteiger charge is -2.36. The standard InChI is InChI=1S/C21H25NO6/c1-12-4-5-14(20(24)25)11-22(12)19(23)9-8-17-13(2)16-7-6-15(27-3)10-18(16)28-21(17)26/h6-7,10,12,14H,4-5,8-9,11H2,1-3H3,(H,24,25). The number of aliphatic carboxylic acids is 1. The monoisotopic (exact) mass is 387 g/mol. The number of carbonyl (C=O) groups is 2. The number of amides is 1. The molecule has 1 saturated heterocycles. The zero-order chi connectivity index (χ0) is 20.4. The summed E-state index contributed by atoms with van der Waals surface area (Å²) in [5, 5.41) is 10.0. The first-order valence-electron chi connectivity index (χ1n) is 9.44. The van der Waals surface area contributed by atoms with Crippen molar-refractivity contribution in [2.75, 3.05) is 13.7 Å². The number of aryl methyl sites for hydroxylation is 1. The van der Waals surface area contributed by atoms with Crippen molar-refractivity contribution in [1.29, 1.82) is 0 Å². The van der Waals surface area contributed by atoms with Crippen molar-refractivity contribution in [3.05, 3.63) is 39.7 Å². The molecule has 1 fully saturated rings. The molecule has 28 heavy (non-hydrogen) atoms. The van der Waals surface area contributed by atoms with Gasteiger partial charge in [-0.15, -0.1) is 0 Å². The van der Waals surface area contributed by atoms with E-state index in [1.807, 2.05) is 19.9 Å². The van der Waals surface area contributed by atoms with E-state index in [9.17, 15) is 19.5 Å². The van der Waals surface area contributed by atoms with Gasteiger partial charge in [-0.2, -0.15) is 0 Å². The minimum Gasteiger partial charge on any atom is -0.497 e. The van der Waals surface area contributed by atoms with Crippen molar-refractivity contribution in [3.8, 4) is 5.75 Å². The number of rotatable bonds is 5. The molecule has 0 radical (unpaired) electrons. The minimum atomic E-state index is -0.869. The number of ether oxygens (including phenoxy) is 1. The first-order chi connectivity index (χ1) is 13.3. The summed E-state index contributed by atoms with van der Waals surface area (Å²) < 4.78 is 10.6. The lowest BCUT2D eigenvalue weighted by atomic mass is 9.93. The molecule has 2 unspecified atom stereocenters. The molecule has 1 N–H and O–H groups in total. The lowest BCUT2D eigenvalue weighted by molar-refractivity contribution is -0.147. The number of nitrogens with zero attached hydrogens (tertiary/aromatic N) is 1. The Morgan fingerprint density at radius 1 is 1.32 bits per heavy atom. The third-order valence-corrected chi connectivity index (χ3v) is 5.64. The fourth-order valence-corrected chi connectivity index (χ4v) is 3.82. The zero-order valence-electron chi connectivity index (χ0n) is 16.4. The second-order valence-corrected chi connectivity index (χ2v) is 7.36. The van der Waals surface area contributed by atoms with Gasteiger partial charge in [-0.25, -0.2) is 4.79 Å². The molecular formula is C21H25NO6. The zero-order valence-corrected chi connectivity index (χ0v) is 16.4. The van der Waals surface area contributed by atoms with Gasteiger partial charge in [0.2, 0.25) is 5.91 Å². The molecule has 1 aromatic carbocycles. The third-order valence-electron chi connectivity index (χ3n) is 5.64. The quantitative estimate of drug-likeness (QED) is 0.793. The fraction of sp³-hybridized carbons (Fsp3) is 0.476. The van der Waals surface area contributed by atoms with E-state index in [-0.39, 0.29) is 31.3 Å². The van der Waals surface area contributed by atoms with E-state index in [2.05, 4.69) is 0 Å². The maximum absolute atomic E-state index is 12.7. The van der Waals surface area contributed by atoms with Crippen LogP contribution in [0.5, 0.6) is 5.75 Å². The molecule has 0 bridgehead atoms. The van der Waals surface area contributed by atoms with Gasteiger partial charge in [0.25, 0.3) is 0 Å². The smallest absolute Gasteiger partial charge is 0.339 e. The van der Waals surface area contributed by atoms with Gasteiger partial charge in [-0.1, -0.05) is 0 Å². The van der Waals surface area contributed by atoms with Crippen LogP contribution < -0.4 is 10.4 Å². The molecule has 1 aromatic heterocycles. The highest BCUT2D eigenvalue weighted by Gasteiger charge is 2.32. The maximum Gasteiger partial charge on any atom is 0.339 e. The minimum absolute atomic E-state index is 0.00433. The number of methoxy groups -OCH3 is 1.